The molecule has 8 N–H and O–H groups in total. The van der Waals surface area contributed by atoms with Gasteiger partial charge in [0.2, 0.25) is 23.6 Å². The maximum atomic E-state index is 13.4. The Labute approximate surface area is 247 Å². The van der Waals surface area contributed by atoms with Crippen LogP contribution in [-0.4, -0.2) is 120 Å². The number of rotatable bonds is 21. The fraction of sp³-hybridized carbons (Fsp3) is 0.542. The lowest BCUT2D eigenvalue weighted by atomic mass is 10.3. The highest BCUT2D eigenvalue weighted by atomic mass is 31.2. The van der Waals surface area contributed by atoms with E-state index in [2.05, 4.69) is 31.2 Å². The molecule has 6 amide bonds. The highest BCUT2D eigenvalue weighted by Crippen LogP contribution is 2.28. The number of carbonyl (C=O) groups is 7. The lowest BCUT2D eigenvalue weighted by molar-refractivity contribution is -0.139. The number of aliphatic carboxylic acids is 1. The van der Waals surface area contributed by atoms with Crippen LogP contribution in [0.4, 0.5) is 0 Å². The highest BCUT2D eigenvalue weighted by Gasteiger charge is 2.25. The summed E-state index contributed by atoms with van der Waals surface area (Å²) in [7, 11) is -3.53. The van der Waals surface area contributed by atoms with Crippen molar-refractivity contribution in [1.82, 2.24) is 41.0 Å². The second kappa shape index (κ2) is 17.9. The van der Waals surface area contributed by atoms with E-state index in [0.717, 1.165) is 22.0 Å². The highest BCUT2D eigenvalue weighted by molar-refractivity contribution is 7.57. The molecule has 0 aromatic rings. The van der Waals surface area contributed by atoms with Gasteiger partial charge in [0.15, 0.2) is 0 Å². The van der Waals surface area contributed by atoms with E-state index in [-0.39, 0.29) is 78.0 Å². The lowest BCUT2D eigenvalue weighted by Crippen LogP contribution is -2.42. The summed E-state index contributed by atoms with van der Waals surface area (Å²) >= 11 is 0. The Bertz CT molecular complexity index is 1160. The topological polar surface area (TPSA) is 256 Å². The van der Waals surface area contributed by atoms with Gasteiger partial charge in [-0.3, -0.25) is 43.0 Å². The number of carboxylic acids is 1. The zero-order chi connectivity index (χ0) is 31.8. The van der Waals surface area contributed by atoms with E-state index in [9.17, 15) is 43.2 Å². The molecule has 2 aliphatic heterocycles. The second-order valence-electron chi connectivity index (χ2n) is 9.24. The summed E-state index contributed by atoms with van der Waals surface area (Å²) in [4.78, 5) is 83.3. The van der Waals surface area contributed by atoms with Crippen molar-refractivity contribution < 1.29 is 48.3 Å². The zero-order valence-electron chi connectivity index (χ0n) is 23.4. The number of nitrogens with one attached hydrogen (secondary N) is 6. The van der Waals surface area contributed by atoms with Crippen molar-refractivity contribution in [3.63, 3.8) is 0 Å². The van der Waals surface area contributed by atoms with Gasteiger partial charge in [-0.1, -0.05) is 0 Å². The molecular weight excluding hydrogens is 591 g/mol. The molecule has 2 aliphatic rings. The van der Waals surface area contributed by atoms with Gasteiger partial charge in [0.05, 0.1) is 6.42 Å². The number of nitrogens with zero attached hydrogens (tertiary/aromatic N) is 2. The third-order valence-electron chi connectivity index (χ3n) is 5.97. The molecule has 2 heterocycles. The molecular formula is C24H37N8O10P. The Balaban J connectivity index is 1.74. The third-order valence-corrected chi connectivity index (χ3v) is 7.97. The average Bonchev–Trinajstić information content (AvgIpc) is 3.46. The van der Waals surface area contributed by atoms with Gasteiger partial charge in [-0.2, -0.15) is 0 Å². The number of hydrogen-bond acceptors (Lipinski definition) is 9. The number of hydrogen-bond donors (Lipinski definition) is 8. The summed E-state index contributed by atoms with van der Waals surface area (Å²) in [5, 5.41) is 34.3. The predicted octanol–water partition coefficient (Wildman–Crippen LogP) is -3.50. The number of carboxylic acid groups (broad SMARTS) is 1. The van der Waals surface area contributed by atoms with Gasteiger partial charge in [0, 0.05) is 89.8 Å². The molecule has 2 atom stereocenters. The van der Waals surface area contributed by atoms with Crippen molar-refractivity contribution in [2.75, 3.05) is 52.4 Å². The van der Waals surface area contributed by atoms with Gasteiger partial charge >= 0.3 is 5.97 Å². The third kappa shape index (κ3) is 13.3. The normalized spacial score (nSPS) is 17.3. The van der Waals surface area contributed by atoms with Crippen LogP contribution in [0.1, 0.15) is 25.7 Å². The van der Waals surface area contributed by atoms with Gasteiger partial charge in [0.1, 0.15) is 6.23 Å². The van der Waals surface area contributed by atoms with Crippen molar-refractivity contribution in [1.29, 1.82) is 0 Å². The molecule has 2 rings (SSSR count). The van der Waals surface area contributed by atoms with E-state index in [0.29, 0.717) is 0 Å². The molecule has 238 valence electrons. The van der Waals surface area contributed by atoms with E-state index in [1.807, 2.05) is 0 Å². The number of aliphatic hydroxyl groups is 1. The maximum Gasteiger partial charge on any atom is 0.303 e. The van der Waals surface area contributed by atoms with Gasteiger partial charge in [-0.05, 0) is 6.08 Å². The van der Waals surface area contributed by atoms with Crippen molar-refractivity contribution >= 4 is 49.0 Å². The molecule has 0 saturated carbocycles. The summed E-state index contributed by atoms with van der Waals surface area (Å²) in [6, 6.07) is 0. The first-order chi connectivity index (χ1) is 20.4. The molecule has 0 saturated heterocycles. The van der Waals surface area contributed by atoms with Crippen molar-refractivity contribution in [3.8, 4) is 0 Å². The minimum absolute atomic E-state index is 0.0132. The van der Waals surface area contributed by atoms with Crippen LogP contribution in [-0.2, 0) is 38.1 Å². The standard InChI is InChI=1S/C24H37N8O10P/c33-17(1-6-24(40)41)25-9-12-28-43(42,29-13-10-26-18(34)7-15-31-20(36)2-3-21(31)37)30-14-11-27-19(35)8-16-32-22(38)4-5-23(32)39/h2-5,20,36H,1,6-16H2,(H,25,33)(H,26,34)(H,27,35)(H,40,41)(H3,28,29,30,42). The number of imide groups is 1. The van der Waals surface area contributed by atoms with Crippen LogP contribution in [0, 0.1) is 0 Å². The molecule has 0 aromatic heterocycles. The smallest absolute Gasteiger partial charge is 0.303 e. The predicted molar refractivity (Wildman–Crippen MR) is 149 cm³/mol. The first kappa shape index (κ1) is 35.2. The Morgan fingerprint density at radius 1 is 0.674 bits per heavy atom. The largest absolute Gasteiger partial charge is 0.481 e. The van der Waals surface area contributed by atoms with Crippen LogP contribution in [0.25, 0.3) is 0 Å². The van der Waals surface area contributed by atoms with Crippen LogP contribution < -0.4 is 31.2 Å². The van der Waals surface area contributed by atoms with E-state index < -0.39 is 55.2 Å². The van der Waals surface area contributed by atoms with E-state index in [1.165, 1.54) is 12.2 Å². The first-order valence-electron chi connectivity index (χ1n) is 13.5. The molecule has 0 aromatic carbocycles. The van der Waals surface area contributed by atoms with E-state index in [4.69, 9.17) is 5.11 Å². The summed E-state index contributed by atoms with van der Waals surface area (Å²) < 4.78 is 13.4. The molecule has 0 radical (unpaired) electrons. The summed E-state index contributed by atoms with van der Waals surface area (Å²) in [5.41, 5.74) is 0. The van der Waals surface area contributed by atoms with Crippen LogP contribution in [0.2, 0.25) is 0 Å². The van der Waals surface area contributed by atoms with Crippen molar-refractivity contribution in [2.24, 2.45) is 0 Å². The molecule has 2 unspecified atom stereocenters. The second-order valence-corrected chi connectivity index (χ2v) is 11.4. The maximum absolute atomic E-state index is 13.4. The molecule has 0 fully saturated rings. The van der Waals surface area contributed by atoms with E-state index in [1.54, 1.807) is 0 Å². The van der Waals surface area contributed by atoms with Gasteiger partial charge in [-0.15, -0.1) is 0 Å². The summed E-state index contributed by atoms with van der Waals surface area (Å²) in [6.07, 6.45) is 2.98. The Hall–Kier alpha value is -3.96. The average molecular weight is 629 g/mol. The van der Waals surface area contributed by atoms with Gasteiger partial charge in [0.25, 0.3) is 19.4 Å². The fourth-order valence-corrected chi connectivity index (χ4v) is 5.34. The van der Waals surface area contributed by atoms with Crippen molar-refractivity contribution in [3.05, 3.63) is 24.3 Å². The minimum Gasteiger partial charge on any atom is -0.481 e. The van der Waals surface area contributed by atoms with Crippen LogP contribution in [0.5, 0.6) is 0 Å². The molecule has 0 spiro atoms. The molecule has 19 heteroatoms. The SMILES string of the molecule is O=C(O)CCC(=O)NCCNP(=O)(NCCNC(=O)CCN1C(=O)C=CC1=O)NCCNC(=O)CCN1C(=O)C=CC1O. The Morgan fingerprint density at radius 2 is 1.14 bits per heavy atom. The molecule has 18 nitrogen and oxygen atoms in total. The number of amides is 6. The quantitative estimate of drug-likeness (QED) is 0.0349. The fourth-order valence-electron chi connectivity index (χ4n) is 3.73. The van der Waals surface area contributed by atoms with Crippen LogP contribution >= 0.6 is 7.59 Å². The lowest BCUT2D eigenvalue weighted by Gasteiger charge is -2.23. The van der Waals surface area contributed by atoms with Crippen LogP contribution in [0.3, 0.4) is 0 Å². The monoisotopic (exact) mass is 628 g/mol. The first-order valence-corrected chi connectivity index (χ1v) is 15.2. The number of aliphatic hydroxyl groups excluding tert-OH is 1. The Morgan fingerprint density at radius 3 is 1.58 bits per heavy atom. The summed E-state index contributed by atoms with van der Waals surface area (Å²) in [6.45, 7) is 0.180. The molecule has 0 bridgehead atoms. The number of carbonyl (C=O) groups excluding carboxylic acids is 6. The van der Waals surface area contributed by atoms with Gasteiger partial charge in [-0.25, -0.2) is 15.3 Å². The zero-order valence-corrected chi connectivity index (χ0v) is 24.3. The molecule has 43 heavy (non-hydrogen) atoms. The van der Waals surface area contributed by atoms with E-state index >= 15 is 0 Å². The van der Waals surface area contributed by atoms with Crippen LogP contribution in [0.15, 0.2) is 24.3 Å². The minimum atomic E-state index is -3.53. The van der Waals surface area contributed by atoms with Gasteiger partial charge < -0.3 is 31.1 Å². The van der Waals surface area contributed by atoms with Crippen molar-refractivity contribution in [2.45, 2.75) is 31.9 Å². The molecule has 0 aliphatic carbocycles. The summed E-state index contributed by atoms with van der Waals surface area (Å²) in [5.74, 6) is -3.82. The Kier molecular flexibility index (Phi) is 14.6.